The Kier molecular flexibility index (Phi) is 42.6. The number of aliphatic hydroxyl groups excluding tert-OH is 7. The second-order valence-electron chi connectivity index (χ2n) is 19.7. The highest BCUT2D eigenvalue weighted by Gasteiger charge is 2.47. The molecule has 75 heavy (non-hydrogen) atoms. The van der Waals surface area contributed by atoms with Crippen LogP contribution >= 0.6 is 0 Å². The fourth-order valence-electron chi connectivity index (χ4n) is 8.44. The zero-order valence-electron chi connectivity index (χ0n) is 46.0. The molecule has 2 rings (SSSR count). The summed E-state index contributed by atoms with van der Waals surface area (Å²) in [5.74, 6) is -0.414. The molecule has 0 aromatic rings. The van der Waals surface area contributed by atoms with Crippen LogP contribution in [0.5, 0.6) is 0 Å². The standard InChI is InChI=1S/C61H102O14/c1-3-5-7-9-11-13-15-17-19-21-23-24-25-27-29-31-33-35-37-39-41-43-45-70-47-50(73-53(63)44-42-40-38-36-34-32-30-28-26-22-20-18-16-14-12-10-8-6-4-2)48-71-60-59(69)57(67)55(65)52(75-60)49-72-61-58(68)56(66)54(64)51(46-62)74-61/h6,8,12,14-15,17-18,20-21,23,25-28,32,34,50-52,54-62,64-69H,3-5,7,9-11,13,16,19,22,24,29-31,33,35-49H2,1-2H3/b8-6-,14-12-,17-15-,20-18-,23-21-,27-25-,28-26-,34-32-. The lowest BCUT2D eigenvalue weighted by molar-refractivity contribution is -0.332. The first-order valence-corrected chi connectivity index (χ1v) is 28.8. The number of allylic oxidation sites excluding steroid dienone is 16. The molecule has 2 aliphatic rings. The summed E-state index contributed by atoms with van der Waals surface area (Å²) in [6.07, 6.45) is 46.0. The Labute approximate surface area is 452 Å². The number of carbonyl (C=O) groups excluding carboxylic acids is 1. The Bertz CT molecular complexity index is 1610. The summed E-state index contributed by atoms with van der Waals surface area (Å²) < 4.78 is 34.3. The largest absolute Gasteiger partial charge is 0.457 e. The highest BCUT2D eigenvalue weighted by atomic mass is 16.7. The number of esters is 1. The van der Waals surface area contributed by atoms with Gasteiger partial charge in [-0.3, -0.25) is 4.79 Å². The molecule has 0 radical (unpaired) electrons. The van der Waals surface area contributed by atoms with Crippen LogP contribution in [-0.4, -0.2) is 142 Å². The predicted octanol–water partition coefficient (Wildman–Crippen LogP) is 10.2. The van der Waals surface area contributed by atoms with Crippen LogP contribution in [0.2, 0.25) is 0 Å². The van der Waals surface area contributed by atoms with E-state index in [4.69, 9.17) is 28.4 Å². The molecule has 14 nitrogen and oxygen atoms in total. The van der Waals surface area contributed by atoms with Gasteiger partial charge in [0.2, 0.25) is 0 Å². The van der Waals surface area contributed by atoms with Gasteiger partial charge in [0.15, 0.2) is 12.6 Å². The molecule has 2 saturated heterocycles. The SMILES string of the molecule is CC/C=C\C/C=C\C/C=C\C/C=C\C/C=C\CCCCCC(=O)OC(COCCCCCCCCC/C=C\C/C=C\C/C=C\CCCCCCC)COC1OC(COC2OC(CO)C(O)C(O)C2O)C(O)C(O)C1O. The van der Waals surface area contributed by atoms with Crippen molar-refractivity contribution in [2.24, 2.45) is 0 Å². The molecule has 430 valence electrons. The molecule has 11 atom stereocenters. The van der Waals surface area contributed by atoms with Crippen LogP contribution in [0.3, 0.4) is 0 Å². The number of unbranched alkanes of at least 4 members (excludes halogenated alkanes) is 15. The van der Waals surface area contributed by atoms with E-state index in [-0.39, 0.29) is 19.6 Å². The van der Waals surface area contributed by atoms with Gasteiger partial charge in [0, 0.05) is 13.0 Å². The quantitative estimate of drug-likeness (QED) is 0.0172. The van der Waals surface area contributed by atoms with Crippen molar-refractivity contribution in [3.8, 4) is 0 Å². The summed E-state index contributed by atoms with van der Waals surface area (Å²) in [6.45, 7) is 3.48. The van der Waals surface area contributed by atoms with Gasteiger partial charge in [0.05, 0.1) is 26.4 Å². The average Bonchev–Trinajstić information content (AvgIpc) is 3.41. The van der Waals surface area contributed by atoms with Crippen LogP contribution in [0.1, 0.15) is 181 Å². The second-order valence-corrected chi connectivity index (χ2v) is 19.7. The summed E-state index contributed by atoms with van der Waals surface area (Å²) in [6, 6.07) is 0. The maximum Gasteiger partial charge on any atom is 0.306 e. The first-order chi connectivity index (χ1) is 36.6. The van der Waals surface area contributed by atoms with Crippen LogP contribution in [0, 0.1) is 0 Å². The van der Waals surface area contributed by atoms with Gasteiger partial charge in [-0.15, -0.1) is 0 Å². The Morgan fingerprint density at radius 1 is 0.453 bits per heavy atom. The van der Waals surface area contributed by atoms with Crippen molar-refractivity contribution in [1.82, 2.24) is 0 Å². The summed E-state index contributed by atoms with van der Waals surface area (Å²) >= 11 is 0. The molecule has 11 unspecified atom stereocenters. The minimum Gasteiger partial charge on any atom is -0.457 e. The third kappa shape index (κ3) is 33.7. The maximum absolute atomic E-state index is 13.1. The Balaban J connectivity index is 1.75. The van der Waals surface area contributed by atoms with Gasteiger partial charge >= 0.3 is 5.97 Å². The summed E-state index contributed by atoms with van der Waals surface area (Å²) in [7, 11) is 0. The van der Waals surface area contributed by atoms with E-state index in [0.717, 1.165) is 96.3 Å². The molecule has 0 aromatic carbocycles. The van der Waals surface area contributed by atoms with E-state index in [2.05, 4.69) is 111 Å². The third-order valence-corrected chi connectivity index (χ3v) is 13.1. The smallest absolute Gasteiger partial charge is 0.306 e. The van der Waals surface area contributed by atoms with Crippen molar-refractivity contribution in [2.45, 2.75) is 248 Å². The van der Waals surface area contributed by atoms with Gasteiger partial charge in [-0.25, -0.2) is 0 Å². The molecular weight excluding hydrogens is 957 g/mol. The number of ether oxygens (including phenoxy) is 6. The van der Waals surface area contributed by atoms with Crippen molar-refractivity contribution in [2.75, 3.05) is 33.0 Å². The molecule has 0 aliphatic carbocycles. The molecule has 7 N–H and O–H groups in total. The number of carbonyl (C=O) groups is 1. The van der Waals surface area contributed by atoms with Gasteiger partial charge in [0.1, 0.15) is 54.9 Å². The van der Waals surface area contributed by atoms with Crippen LogP contribution < -0.4 is 0 Å². The van der Waals surface area contributed by atoms with Gasteiger partial charge in [-0.2, -0.15) is 0 Å². The zero-order chi connectivity index (χ0) is 54.4. The topological polar surface area (TPSA) is 214 Å². The zero-order valence-corrected chi connectivity index (χ0v) is 46.0. The van der Waals surface area contributed by atoms with Crippen molar-refractivity contribution < 1.29 is 69.0 Å². The van der Waals surface area contributed by atoms with Gasteiger partial charge in [-0.1, -0.05) is 175 Å². The van der Waals surface area contributed by atoms with Crippen LogP contribution in [0.4, 0.5) is 0 Å². The van der Waals surface area contributed by atoms with Crippen LogP contribution in [-0.2, 0) is 33.2 Å². The van der Waals surface area contributed by atoms with Crippen molar-refractivity contribution >= 4 is 5.97 Å². The van der Waals surface area contributed by atoms with Crippen molar-refractivity contribution in [3.05, 3.63) is 97.2 Å². The Morgan fingerprint density at radius 3 is 1.36 bits per heavy atom. The predicted molar refractivity (Wildman–Crippen MR) is 298 cm³/mol. The summed E-state index contributed by atoms with van der Waals surface area (Å²) in [4.78, 5) is 13.1. The minimum absolute atomic E-state index is 0.0348. The third-order valence-electron chi connectivity index (χ3n) is 13.1. The van der Waals surface area contributed by atoms with E-state index >= 15 is 0 Å². The van der Waals surface area contributed by atoms with E-state index in [1.165, 1.54) is 57.8 Å². The molecule has 0 spiro atoms. The average molecular weight is 1060 g/mol. The van der Waals surface area contributed by atoms with E-state index < -0.39 is 86.7 Å². The molecule has 2 fully saturated rings. The Hall–Kier alpha value is -3.09. The molecule has 2 aliphatic heterocycles. The van der Waals surface area contributed by atoms with E-state index in [0.29, 0.717) is 13.0 Å². The molecule has 0 bridgehead atoms. The monoisotopic (exact) mass is 1060 g/mol. The molecule has 0 aromatic heterocycles. The molecular formula is C61H102O14. The lowest BCUT2D eigenvalue weighted by atomic mass is 9.98. The Morgan fingerprint density at radius 2 is 0.867 bits per heavy atom. The normalized spacial score (nSPS) is 25.3. The van der Waals surface area contributed by atoms with Gasteiger partial charge in [-0.05, 0) is 96.3 Å². The number of aliphatic hydroxyl groups is 7. The highest BCUT2D eigenvalue weighted by Crippen LogP contribution is 2.26. The summed E-state index contributed by atoms with van der Waals surface area (Å²) in [5, 5.41) is 72.3. The van der Waals surface area contributed by atoms with E-state index in [1.54, 1.807) is 0 Å². The molecule has 14 heteroatoms. The first kappa shape index (κ1) is 68.0. The fourth-order valence-corrected chi connectivity index (χ4v) is 8.44. The lowest BCUT2D eigenvalue weighted by Gasteiger charge is -2.42. The number of hydrogen-bond donors (Lipinski definition) is 7. The molecule has 0 amide bonds. The minimum atomic E-state index is -1.72. The van der Waals surface area contributed by atoms with Gasteiger partial charge < -0.3 is 64.2 Å². The maximum atomic E-state index is 13.1. The second kappa shape index (κ2) is 47.0. The van der Waals surface area contributed by atoms with Crippen LogP contribution in [0.25, 0.3) is 0 Å². The van der Waals surface area contributed by atoms with E-state index in [9.17, 15) is 40.5 Å². The number of rotatable bonds is 45. The lowest BCUT2D eigenvalue weighted by Crippen LogP contribution is -2.61. The van der Waals surface area contributed by atoms with Crippen molar-refractivity contribution in [3.63, 3.8) is 0 Å². The fraction of sp³-hybridized carbons (Fsp3) is 0.721. The first-order valence-electron chi connectivity index (χ1n) is 28.8. The van der Waals surface area contributed by atoms with Gasteiger partial charge in [0.25, 0.3) is 0 Å². The van der Waals surface area contributed by atoms with Crippen molar-refractivity contribution in [1.29, 1.82) is 0 Å². The van der Waals surface area contributed by atoms with E-state index in [1.807, 2.05) is 0 Å². The number of hydrogen-bond acceptors (Lipinski definition) is 14. The highest BCUT2D eigenvalue weighted by molar-refractivity contribution is 5.69. The molecule has 2 heterocycles. The van der Waals surface area contributed by atoms with Crippen LogP contribution in [0.15, 0.2) is 97.2 Å². The summed E-state index contributed by atoms with van der Waals surface area (Å²) in [5.41, 5.74) is 0. The molecule has 0 saturated carbocycles.